The number of carbonyl (C=O) groups excluding carboxylic acids is 1. The van der Waals surface area contributed by atoms with Crippen LogP contribution < -0.4 is 14.5 Å². The third kappa shape index (κ3) is 6.55. The molecule has 0 radical (unpaired) electrons. The Morgan fingerprint density at radius 2 is 1.94 bits per heavy atom. The van der Waals surface area contributed by atoms with Gasteiger partial charge in [-0.25, -0.2) is 8.78 Å². The number of rotatable bonds is 10. The molecule has 3 fully saturated rings. The van der Waals surface area contributed by atoms with Gasteiger partial charge in [0.25, 0.3) is 0 Å². The van der Waals surface area contributed by atoms with Gasteiger partial charge >= 0.3 is 6.01 Å². The van der Waals surface area contributed by atoms with Crippen molar-refractivity contribution >= 4 is 28.2 Å². The number of aromatic nitrogens is 2. The SMILES string of the molecule is Cc1c(F)ccc2cccc(N3CCc4c(nc(OCC5(CN6CCCC6)CC5)nc4N4CCN(C(=O)/C=C/CF)[C@@H](CC#N)C4)C3)c12. The maximum Gasteiger partial charge on any atom is 0.318 e. The fraction of sp³-hybridized carbons (Fsp3) is 0.514. The van der Waals surface area contributed by atoms with E-state index in [9.17, 15) is 18.8 Å². The predicted molar refractivity (Wildman–Crippen MR) is 181 cm³/mol. The van der Waals surface area contributed by atoms with Crippen LogP contribution in [-0.2, 0) is 17.8 Å². The molecule has 4 aliphatic rings. The van der Waals surface area contributed by atoms with Gasteiger partial charge in [-0.3, -0.25) is 4.79 Å². The summed E-state index contributed by atoms with van der Waals surface area (Å²) in [5.74, 6) is 0.278. The lowest BCUT2D eigenvalue weighted by Gasteiger charge is -2.42. The number of anilines is 2. The number of alkyl halides is 1. The molecule has 1 aromatic heterocycles. The molecule has 1 atom stereocenters. The van der Waals surface area contributed by atoms with Gasteiger partial charge < -0.3 is 24.3 Å². The summed E-state index contributed by atoms with van der Waals surface area (Å²) in [6.07, 6.45) is 8.07. The van der Waals surface area contributed by atoms with Crippen LogP contribution in [0, 0.1) is 29.5 Å². The number of likely N-dealkylation sites (tertiary alicyclic amines) is 1. The monoisotopic (exact) mass is 655 g/mol. The number of allylic oxidation sites excluding steroid dienone is 1. The van der Waals surface area contributed by atoms with Gasteiger partial charge in [-0.05, 0) is 81.3 Å². The lowest BCUT2D eigenvalue weighted by molar-refractivity contribution is -0.128. The standard InChI is InChI=1S/C37H43F2N7O2/c1-26-30(39)10-9-27-6-4-7-32(34(26)27)44-19-12-29-31(23-44)41-36(48-25-37(13-14-37)24-43-17-2-3-18-43)42-35(29)45-20-21-46(28(22-45)11-16-40)33(47)8-5-15-38/h4-10,28H,2-3,11-15,17-25H2,1H3/b8-5+/t28-/m0/s1. The molecule has 7 rings (SSSR count). The van der Waals surface area contributed by atoms with E-state index >= 15 is 0 Å². The Hall–Kier alpha value is -4.30. The second-order valence-electron chi connectivity index (χ2n) is 13.8. The van der Waals surface area contributed by atoms with E-state index in [-0.39, 0.29) is 29.6 Å². The molecule has 1 saturated carbocycles. The number of fused-ring (bicyclic) bond motifs is 2. The summed E-state index contributed by atoms with van der Waals surface area (Å²) in [6, 6.07) is 11.6. The number of piperazine rings is 1. The minimum Gasteiger partial charge on any atom is -0.463 e. The van der Waals surface area contributed by atoms with Crippen molar-refractivity contribution in [3.8, 4) is 12.1 Å². The van der Waals surface area contributed by atoms with E-state index in [2.05, 4.69) is 26.8 Å². The highest BCUT2D eigenvalue weighted by Crippen LogP contribution is 2.47. The Kier molecular flexibility index (Phi) is 9.19. The molecule has 0 N–H and O–H groups in total. The van der Waals surface area contributed by atoms with E-state index < -0.39 is 6.67 Å². The summed E-state index contributed by atoms with van der Waals surface area (Å²) in [4.78, 5) is 31.5. The lowest BCUT2D eigenvalue weighted by Crippen LogP contribution is -2.55. The van der Waals surface area contributed by atoms with Crippen LogP contribution in [0.3, 0.4) is 0 Å². The van der Waals surface area contributed by atoms with Gasteiger partial charge in [0.2, 0.25) is 5.91 Å². The van der Waals surface area contributed by atoms with E-state index in [1.807, 2.05) is 25.1 Å². The van der Waals surface area contributed by atoms with Crippen LogP contribution in [0.15, 0.2) is 42.5 Å². The van der Waals surface area contributed by atoms with Crippen molar-refractivity contribution in [1.82, 2.24) is 19.8 Å². The third-order valence-electron chi connectivity index (χ3n) is 10.5. The first-order valence-corrected chi connectivity index (χ1v) is 17.2. The quantitative estimate of drug-likeness (QED) is 0.270. The molecule has 48 heavy (non-hydrogen) atoms. The zero-order valence-corrected chi connectivity index (χ0v) is 27.6. The Morgan fingerprint density at radius 1 is 1.10 bits per heavy atom. The van der Waals surface area contributed by atoms with E-state index in [1.165, 1.54) is 31.1 Å². The van der Waals surface area contributed by atoms with Gasteiger partial charge in [0, 0.05) is 60.9 Å². The number of benzene rings is 2. The molecule has 1 aliphatic carbocycles. The molecule has 1 amide bonds. The van der Waals surface area contributed by atoms with Crippen molar-refractivity contribution < 1.29 is 18.3 Å². The number of ether oxygens (including phenoxy) is 1. The van der Waals surface area contributed by atoms with E-state index in [0.29, 0.717) is 57.3 Å². The number of nitriles is 1. The van der Waals surface area contributed by atoms with Crippen LogP contribution in [0.25, 0.3) is 10.8 Å². The molecular weight excluding hydrogens is 612 g/mol. The highest BCUT2D eigenvalue weighted by atomic mass is 19.1. The fourth-order valence-corrected chi connectivity index (χ4v) is 7.71. The number of amides is 1. The average molecular weight is 656 g/mol. The fourth-order valence-electron chi connectivity index (χ4n) is 7.71. The van der Waals surface area contributed by atoms with Crippen LogP contribution in [0.4, 0.5) is 20.3 Å². The molecule has 4 heterocycles. The molecule has 9 nitrogen and oxygen atoms in total. The van der Waals surface area contributed by atoms with Gasteiger partial charge in [0.15, 0.2) is 0 Å². The van der Waals surface area contributed by atoms with Crippen LogP contribution in [0.1, 0.15) is 48.9 Å². The van der Waals surface area contributed by atoms with Crippen LogP contribution in [0.5, 0.6) is 6.01 Å². The summed E-state index contributed by atoms with van der Waals surface area (Å²) in [5.41, 5.74) is 3.65. The number of halogens is 2. The molecular formula is C37H43F2N7O2. The number of carbonyl (C=O) groups is 1. The van der Waals surface area contributed by atoms with E-state index in [4.69, 9.17) is 14.7 Å². The molecule has 11 heteroatoms. The van der Waals surface area contributed by atoms with Gasteiger partial charge in [-0.1, -0.05) is 18.2 Å². The van der Waals surface area contributed by atoms with E-state index in [1.54, 1.807) is 4.90 Å². The predicted octanol–water partition coefficient (Wildman–Crippen LogP) is 5.35. The summed E-state index contributed by atoms with van der Waals surface area (Å²) in [5, 5.41) is 11.5. The highest BCUT2D eigenvalue weighted by Gasteiger charge is 2.45. The van der Waals surface area contributed by atoms with Crippen molar-refractivity contribution in [2.75, 3.05) is 68.9 Å². The molecule has 2 aromatic carbocycles. The van der Waals surface area contributed by atoms with Crippen molar-refractivity contribution in [1.29, 1.82) is 5.26 Å². The van der Waals surface area contributed by atoms with Crippen molar-refractivity contribution in [2.24, 2.45) is 5.41 Å². The highest BCUT2D eigenvalue weighted by molar-refractivity contribution is 5.97. The first kappa shape index (κ1) is 32.3. The minimum atomic E-state index is -0.714. The minimum absolute atomic E-state index is 0.136. The molecule has 2 saturated heterocycles. The summed E-state index contributed by atoms with van der Waals surface area (Å²) in [7, 11) is 0. The Bertz CT molecular complexity index is 1750. The number of hydrogen-bond donors (Lipinski definition) is 0. The summed E-state index contributed by atoms with van der Waals surface area (Å²) >= 11 is 0. The van der Waals surface area contributed by atoms with Crippen LogP contribution in [0.2, 0.25) is 0 Å². The van der Waals surface area contributed by atoms with Gasteiger partial charge in [-0.2, -0.15) is 15.2 Å². The molecule has 252 valence electrons. The second-order valence-corrected chi connectivity index (χ2v) is 13.8. The topological polar surface area (TPSA) is 88.8 Å². The summed E-state index contributed by atoms with van der Waals surface area (Å²) < 4.78 is 34.0. The molecule has 3 aromatic rings. The Morgan fingerprint density at radius 3 is 2.71 bits per heavy atom. The maximum atomic E-state index is 14.8. The molecule has 3 aliphatic heterocycles. The van der Waals surface area contributed by atoms with Gasteiger partial charge in [0.1, 0.15) is 18.3 Å². The number of aryl methyl sites for hydroxylation is 1. The smallest absolute Gasteiger partial charge is 0.318 e. The van der Waals surface area contributed by atoms with Crippen LogP contribution in [-0.4, -0.2) is 90.8 Å². The zero-order valence-electron chi connectivity index (χ0n) is 27.6. The second kappa shape index (κ2) is 13.7. The van der Waals surface area contributed by atoms with Crippen LogP contribution >= 0.6 is 0 Å². The lowest BCUT2D eigenvalue weighted by atomic mass is 9.99. The number of nitrogens with zero attached hydrogens (tertiary/aromatic N) is 7. The zero-order chi connectivity index (χ0) is 33.3. The largest absolute Gasteiger partial charge is 0.463 e. The number of hydrogen-bond acceptors (Lipinski definition) is 8. The average Bonchev–Trinajstić information content (AvgIpc) is 3.68. The van der Waals surface area contributed by atoms with Crippen molar-refractivity contribution in [3.63, 3.8) is 0 Å². The van der Waals surface area contributed by atoms with Gasteiger partial charge in [-0.15, -0.1) is 0 Å². The van der Waals surface area contributed by atoms with Crippen molar-refractivity contribution in [3.05, 3.63) is 65.1 Å². The van der Waals surface area contributed by atoms with E-state index in [0.717, 1.165) is 66.0 Å². The summed E-state index contributed by atoms with van der Waals surface area (Å²) in [6.45, 7) is 7.57. The maximum absolute atomic E-state index is 14.8. The molecule has 0 unspecified atom stereocenters. The van der Waals surface area contributed by atoms with Crippen molar-refractivity contribution in [2.45, 2.75) is 58.0 Å². The first-order valence-electron chi connectivity index (χ1n) is 17.2. The first-order chi connectivity index (χ1) is 23.4. The Labute approximate surface area is 280 Å². The molecule has 0 bridgehead atoms. The third-order valence-corrected chi connectivity index (χ3v) is 10.5. The normalized spacial score (nSPS) is 20.7. The Balaban J connectivity index is 1.20. The molecule has 0 spiro atoms. The van der Waals surface area contributed by atoms with Gasteiger partial charge in [0.05, 0.1) is 37.4 Å².